The van der Waals surface area contributed by atoms with Gasteiger partial charge in [-0.15, -0.1) is 0 Å². The second kappa shape index (κ2) is 4.06. The van der Waals surface area contributed by atoms with Crippen molar-refractivity contribution in [3.63, 3.8) is 0 Å². The van der Waals surface area contributed by atoms with Crippen LogP contribution in [0, 0.1) is 0 Å². The summed E-state index contributed by atoms with van der Waals surface area (Å²) in [6.45, 7) is 0. The van der Waals surface area contributed by atoms with Gasteiger partial charge in [0, 0.05) is 12.4 Å². The molecular formula is C11H10N2O3. The summed E-state index contributed by atoms with van der Waals surface area (Å²) in [5, 5.41) is 0. The Bertz CT molecular complexity index is 568. The molecule has 0 aliphatic carbocycles. The van der Waals surface area contributed by atoms with E-state index in [1.165, 1.54) is 17.9 Å². The predicted octanol–water partition coefficient (Wildman–Crippen LogP) is 0.952. The fourth-order valence-corrected chi connectivity index (χ4v) is 1.42. The first-order valence-corrected chi connectivity index (χ1v) is 4.67. The van der Waals surface area contributed by atoms with Crippen molar-refractivity contribution < 1.29 is 9.53 Å². The number of imidazole rings is 1. The van der Waals surface area contributed by atoms with Crippen molar-refractivity contribution in [1.82, 2.24) is 9.55 Å². The number of nitrogens with one attached hydrogen (secondary N) is 1. The van der Waals surface area contributed by atoms with E-state index in [1.807, 2.05) is 0 Å². The summed E-state index contributed by atoms with van der Waals surface area (Å²) >= 11 is 0. The van der Waals surface area contributed by atoms with Crippen molar-refractivity contribution in [2.45, 2.75) is 0 Å². The molecule has 0 aliphatic rings. The predicted molar refractivity (Wildman–Crippen MR) is 57.7 cm³/mol. The molecule has 0 radical (unpaired) electrons. The van der Waals surface area contributed by atoms with Gasteiger partial charge in [-0.3, -0.25) is 4.57 Å². The van der Waals surface area contributed by atoms with Gasteiger partial charge in [-0.05, 0) is 18.2 Å². The van der Waals surface area contributed by atoms with Crippen molar-refractivity contribution >= 4 is 5.97 Å². The van der Waals surface area contributed by atoms with Crippen LogP contribution in [-0.4, -0.2) is 22.6 Å². The second-order valence-electron chi connectivity index (χ2n) is 3.18. The van der Waals surface area contributed by atoms with Crippen LogP contribution in [0.3, 0.4) is 0 Å². The van der Waals surface area contributed by atoms with Crippen LogP contribution in [0.1, 0.15) is 10.4 Å². The minimum Gasteiger partial charge on any atom is -0.465 e. The minimum absolute atomic E-state index is 0.248. The van der Waals surface area contributed by atoms with E-state index in [4.69, 9.17) is 0 Å². The molecule has 16 heavy (non-hydrogen) atoms. The summed E-state index contributed by atoms with van der Waals surface area (Å²) in [5.74, 6) is -0.426. The minimum atomic E-state index is -0.426. The number of hydrogen-bond donors (Lipinski definition) is 1. The molecule has 0 saturated heterocycles. The number of ether oxygens (including phenoxy) is 1. The van der Waals surface area contributed by atoms with Crippen LogP contribution in [-0.2, 0) is 4.74 Å². The number of rotatable bonds is 2. The van der Waals surface area contributed by atoms with Crippen LogP contribution < -0.4 is 5.69 Å². The van der Waals surface area contributed by atoms with E-state index >= 15 is 0 Å². The van der Waals surface area contributed by atoms with E-state index in [0.29, 0.717) is 11.3 Å². The van der Waals surface area contributed by atoms with E-state index in [1.54, 1.807) is 30.5 Å². The van der Waals surface area contributed by atoms with Gasteiger partial charge in [-0.1, -0.05) is 6.07 Å². The molecule has 0 bridgehead atoms. The molecule has 1 aromatic heterocycles. The maximum absolute atomic E-state index is 11.4. The van der Waals surface area contributed by atoms with Gasteiger partial charge < -0.3 is 9.72 Å². The molecule has 0 amide bonds. The molecule has 0 spiro atoms. The van der Waals surface area contributed by atoms with Crippen molar-refractivity contribution in [3.05, 3.63) is 52.7 Å². The van der Waals surface area contributed by atoms with Gasteiger partial charge in [-0.2, -0.15) is 0 Å². The van der Waals surface area contributed by atoms with Gasteiger partial charge in [0.25, 0.3) is 0 Å². The van der Waals surface area contributed by atoms with Gasteiger partial charge in [0.15, 0.2) is 0 Å². The maximum atomic E-state index is 11.4. The molecule has 2 aromatic rings. The van der Waals surface area contributed by atoms with Gasteiger partial charge in [0.2, 0.25) is 0 Å². The van der Waals surface area contributed by atoms with E-state index in [2.05, 4.69) is 9.72 Å². The molecule has 1 aromatic carbocycles. The Hall–Kier alpha value is -2.30. The molecule has 0 aliphatic heterocycles. The third-order valence-electron chi connectivity index (χ3n) is 2.19. The number of methoxy groups -OCH3 is 1. The lowest BCUT2D eigenvalue weighted by molar-refractivity contribution is 0.0600. The van der Waals surface area contributed by atoms with Crippen LogP contribution in [0.2, 0.25) is 0 Å². The molecule has 0 atom stereocenters. The lowest BCUT2D eigenvalue weighted by atomic mass is 10.2. The summed E-state index contributed by atoms with van der Waals surface area (Å²) in [4.78, 5) is 25.2. The highest BCUT2D eigenvalue weighted by molar-refractivity contribution is 5.89. The average Bonchev–Trinajstić information content (AvgIpc) is 2.74. The van der Waals surface area contributed by atoms with Gasteiger partial charge in [-0.25, -0.2) is 9.59 Å². The summed E-state index contributed by atoms with van der Waals surface area (Å²) in [5.41, 5.74) is 0.782. The number of hydrogen-bond acceptors (Lipinski definition) is 3. The first-order chi connectivity index (χ1) is 7.72. The van der Waals surface area contributed by atoms with E-state index < -0.39 is 5.97 Å². The molecule has 1 heterocycles. The molecule has 0 unspecified atom stereocenters. The number of benzene rings is 1. The van der Waals surface area contributed by atoms with Crippen LogP contribution in [0.25, 0.3) is 5.69 Å². The summed E-state index contributed by atoms with van der Waals surface area (Å²) in [6, 6.07) is 6.66. The quantitative estimate of drug-likeness (QED) is 0.763. The van der Waals surface area contributed by atoms with Crippen LogP contribution >= 0.6 is 0 Å². The Kier molecular flexibility index (Phi) is 2.59. The zero-order chi connectivity index (χ0) is 11.5. The van der Waals surface area contributed by atoms with Crippen LogP contribution in [0.5, 0.6) is 0 Å². The number of carbonyl (C=O) groups is 1. The largest absolute Gasteiger partial charge is 0.465 e. The van der Waals surface area contributed by atoms with Gasteiger partial charge in [0.1, 0.15) is 0 Å². The second-order valence-corrected chi connectivity index (χ2v) is 3.18. The van der Waals surface area contributed by atoms with Crippen molar-refractivity contribution in [2.75, 3.05) is 7.11 Å². The van der Waals surface area contributed by atoms with Crippen molar-refractivity contribution in [1.29, 1.82) is 0 Å². The third-order valence-corrected chi connectivity index (χ3v) is 2.19. The highest BCUT2D eigenvalue weighted by Crippen LogP contribution is 2.09. The highest BCUT2D eigenvalue weighted by atomic mass is 16.5. The summed E-state index contributed by atoms with van der Waals surface area (Å²) < 4.78 is 6.01. The number of H-pyrrole nitrogens is 1. The Morgan fingerprint density at radius 2 is 2.25 bits per heavy atom. The van der Waals surface area contributed by atoms with Gasteiger partial charge in [0.05, 0.1) is 18.4 Å². The van der Waals surface area contributed by atoms with Crippen LogP contribution in [0.4, 0.5) is 0 Å². The number of aromatic amines is 1. The Labute approximate surface area is 91.3 Å². The number of nitrogens with zero attached hydrogens (tertiary/aromatic N) is 1. The Balaban J connectivity index is 2.48. The molecule has 1 N–H and O–H groups in total. The summed E-state index contributed by atoms with van der Waals surface area (Å²) in [7, 11) is 1.32. The van der Waals surface area contributed by atoms with Gasteiger partial charge >= 0.3 is 11.7 Å². The zero-order valence-corrected chi connectivity index (χ0v) is 8.64. The third kappa shape index (κ3) is 1.75. The molecule has 5 nitrogen and oxygen atoms in total. The first kappa shape index (κ1) is 10.2. The molecular weight excluding hydrogens is 208 g/mol. The Morgan fingerprint density at radius 1 is 1.44 bits per heavy atom. The highest BCUT2D eigenvalue weighted by Gasteiger charge is 2.07. The molecule has 82 valence electrons. The SMILES string of the molecule is COC(=O)c1cccc(-n2cc[nH]c2=O)c1. The first-order valence-electron chi connectivity index (χ1n) is 4.67. The lowest BCUT2D eigenvalue weighted by Crippen LogP contribution is -2.14. The number of esters is 1. The Morgan fingerprint density at radius 3 is 2.88 bits per heavy atom. The molecule has 2 rings (SSSR count). The number of aromatic nitrogens is 2. The van der Waals surface area contributed by atoms with E-state index in [-0.39, 0.29) is 5.69 Å². The molecule has 0 fully saturated rings. The normalized spacial score (nSPS) is 10.1. The topological polar surface area (TPSA) is 64.1 Å². The number of carbonyl (C=O) groups excluding carboxylic acids is 1. The van der Waals surface area contributed by atoms with Crippen LogP contribution in [0.15, 0.2) is 41.5 Å². The molecule has 5 heteroatoms. The fourth-order valence-electron chi connectivity index (χ4n) is 1.42. The standard InChI is InChI=1S/C11H10N2O3/c1-16-10(14)8-3-2-4-9(7-8)13-6-5-12-11(13)15/h2-7H,1H3,(H,12,15). The summed E-state index contributed by atoms with van der Waals surface area (Å²) in [6.07, 6.45) is 3.13. The van der Waals surface area contributed by atoms with E-state index in [9.17, 15) is 9.59 Å². The average molecular weight is 218 g/mol. The molecule has 0 saturated carbocycles. The smallest absolute Gasteiger partial charge is 0.337 e. The monoisotopic (exact) mass is 218 g/mol. The zero-order valence-electron chi connectivity index (χ0n) is 8.64. The van der Waals surface area contributed by atoms with Crippen molar-refractivity contribution in [3.8, 4) is 5.69 Å². The van der Waals surface area contributed by atoms with Crippen molar-refractivity contribution in [2.24, 2.45) is 0 Å². The lowest BCUT2D eigenvalue weighted by Gasteiger charge is -2.03. The maximum Gasteiger partial charge on any atom is 0.337 e. The fraction of sp³-hybridized carbons (Fsp3) is 0.0909. The van der Waals surface area contributed by atoms with E-state index in [0.717, 1.165) is 0 Å².